The molecule has 0 saturated carbocycles. The molecule has 0 aliphatic carbocycles. The summed E-state index contributed by atoms with van der Waals surface area (Å²) in [5, 5.41) is 3.16. The molecule has 1 heterocycles. The molecule has 5 heteroatoms. The average Bonchev–Trinajstić information content (AvgIpc) is 2.79. The van der Waals surface area contributed by atoms with E-state index in [0.717, 1.165) is 24.8 Å². The van der Waals surface area contributed by atoms with Crippen LogP contribution in [-0.4, -0.2) is 41.9 Å². The molecule has 2 amide bonds. The lowest BCUT2D eigenvalue weighted by Crippen LogP contribution is -2.51. The highest BCUT2D eigenvalue weighted by Crippen LogP contribution is 2.23. The lowest BCUT2D eigenvalue weighted by atomic mass is 10.0. The van der Waals surface area contributed by atoms with Gasteiger partial charge in [0.1, 0.15) is 11.8 Å². The minimum Gasteiger partial charge on any atom is -0.490 e. The van der Waals surface area contributed by atoms with Crippen molar-refractivity contribution in [1.29, 1.82) is 0 Å². The van der Waals surface area contributed by atoms with E-state index in [0.29, 0.717) is 17.7 Å². The summed E-state index contributed by atoms with van der Waals surface area (Å²) in [6, 6.07) is 16.5. The molecule has 3 atom stereocenters. The van der Waals surface area contributed by atoms with Gasteiger partial charge in [-0.25, -0.2) is 0 Å². The summed E-state index contributed by atoms with van der Waals surface area (Å²) in [5.74, 6) is 0.186. The number of carbonyl (C=O) groups excluding carboxylic acids is 2. The molecule has 0 radical (unpaired) electrons. The topological polar surface area (TPSA) is 58.6 Å². The number of hydrogen-bond donors (Lipinski definition) is 1. The molecule has 2 aromatic carbocycles. The first-order valence-electron chi connectivity index (χ1n) is 11.0. The second-order valence-corrected chi connectivity index (χ2v) is 8.10. The van der Waals surface area contributed by atoms with Crippen molar-refractivity contribution in [2.75, 3.05) is 7.05 Å². The van der Waals surface area contributed by atoms with Crippen LogP contribution in [0.25, 0.3) is 0 Å². The largest absolute Gasteiger partial charge is 0.490 e. The maximum Gasteiger partial charge on any atom is 0.258 e. The van der Waals surface area contributed by atoms with Gasteiger partial charge in [-0.2, -0.15) is 0 Å². The fraction of sp³-hybridized carbons (Fsp3) is 0.385. The zero-order valence-electron chi connectivity index (χ0n) is 18.6. The normalized spacial score (nSPS) is 23.8. The van der Waals surface area contributed by atoms with Crippen molar-refractivity contribution in [3.05, 3.63) is 77.9 Å². The van der Waals surface area contributed by atoms with Gasteiger partial charge >= 0.3 is 0 Å². The Kier molecular flexibility index (Phi) is 7.88. The Morgan fingerprint density at radius 1 is 1.00 bits per heavy atom. The standard InChI is InChI=1S/C26H32N2O3/c1-4-21-15-9-8-12-19(2)31-24-17-11-10-16-22(24)26(30)28(3)23(25(29)27-21)18-20-13-6-5-7-14-20/h5-11,13-14,16-17,19,21,23H,4,12,15,18H2,1-3H3,(H,27,29)/b9-8-/t19-,21+,23-/m1/s1. The smallest absolute Gasteiger partial charge is 0.258 e. The van der Waals surface area contributed by atoms with Crippen LogP contribution in [0.5, 0.6) is 5.75 Å². The Bertz CT molecular complexity index is 910. The van der Waals surface area contributed by atoms with Crippen LogP contribution < -0.4 is 10.1 Å². The van der Waals surface area contributed by atoms with Crippen molar-refractivity contribution < 1.29 is 14.3 Å². The predicted octanol–water partition coefficient (Wildman–Crippen LogP) is 4.38. The summed E-state index contributed by atoms with van der Waals surface area (Å²) in [7, 11) is 1.70. The van der Waals surface area contributed by atoms with E-state index in [9.17, 15) is 9.59 Å². The second-order valence-electron chi connectivity index (χ2n) is 8.10. The quantitative estimate of drug-likeness (QED) is 0.750. The molecule has 0 spiro atoms. The molecule has 31 heavy (non-hydrogen) atoms. The number of benzene rings is 2. The number of hydrogen-bond acceptors (Lipinski definition) is 3. The minimum absolute atomic E-state index is 0.0250. The van der Waals surface area contributed by atoms with E-state index in [-0.39, 0.29) is 24.0 Å². The third kappa shape index (κ3) is 5.97. The maximum absolute atomic E-state index is 13.5. The number of nitrogens with one attached hydrogen (secondary N) is 1. The van der Waals surface area contributed by atoms with Crippen molar-refractivity contribution in [3.8, 4) is 5.75 Å². The van der Waals surface area contributed by atoms with Gasteiger partial charge in [-0.15, -0.1) is 0 Å². The summed E-state index contributed by atoms with van der Waals surface area (Å²) in [4.78, 5) is 28.3. The third-order valence-electron chi connectivity index (χ3n) is 5.70. The molecule has 3 rings (SSSR count). The van der Waals surface area contributed by atoms with Gasteiger partial charge in [0.05, 0.1) is 11.7 Å². The number of rotatable bonds is 3. The third-order valence-corrected chi connectivity index (χ3v) is 5.70. The van der Waals surface area contributed by atoms with Gasteiger partial charge in [-0.05, 0) is 37.5 Å². The van der Waals surface area contributed by atoms with Gasteiger partial charge < -0.3 is 15.0 Å². The van der Waals surface area contributed by atoms with Crippen LogP contribution in [-0.2, 0) is 11.2 Å². The lowest BCUT2D eigenvalue weighted by Gasteiger charge is -2.30. The Balaban J connectivity index is 1.98. The van der Waals surface area contributed by atoms with Crippen LogP contribution >= 0.6 is 0 Å². The molecule has 0 unspecified atom stereocenters. The summed E-state index contributed by atoms with van der Waals surface area (Å²) >= 11 is 0. The van der Waals surface area contributed by atoms with E-state index in [4.69, 9.17) is 4.74 Å². The molecular formula is C26H32N2O3. The molecule has 0 aromatic heterocycles. The number of para-hydroxylation sites is 1. The monoisotopic (exact) mass is 420 g/mol. The Labute approximate surface area is 185 Å². The fourth-order valence-electron chi connectivity index (χ4n) is 3.76. The SMILES string of the molecule is CC[C@H]1C/C=C\C[C@@H](C)Oc2ccccc2C(=O)N(C)[C@H](Cc2ccccc2)C(=O)N1. The van der Waals surface area contributed by atoms with Crippen molar-refractivity contribution in [2.45, 2.75) is 57.7 Å². The first-order chi connectivity index (χ1) is 15.0. The summed E-state index contributed by atoms with van der Waals surface area (Å²) in [5.41, 5.74) is 1.48. The van der Waals surface area contributed by atoms with E-state index >= 15 is 0 Å². The van der Waals surface area contributed by atoms with Gasteiger partial charge in [0.15, 0.2) is 0 Å². The Morgan fingerprint density at radius 3 is 2.42 bits per heavy atom. The van der Waals surface area contributed by atoms with E-state index in [2.05, 4.69) is 24.4 Å². The van der Waals surface area contributed by atoms with Gasteiger partial charge in [-0.1, -0.05) is 61.5 Å². The van der Waals surface area contributed by atoms with Crippen molar-refractivity contribution in [3.63, 3.8) is 0 Å². The fourth-order valence-corrected chi connectivity index (χ4v) is 3.76. The zero-order chi connectivity index (χ0) is 22.2. The first-order valence-corrected chi connectivity index (χ1v) is 11.0. The number of nitrogens with zero attached hydrogens (tertiary/aromatic N) is 1. The predicted molar refractivity (Wildman–Crippen MR) is 123 cm³/mol. The van der Waals surface area contributed by atoms with Crippen LogP contribution in [0.3, 0.4) is 0 Å². The summed E-state index contributed by atoms with van der Waals surface area (Å²) in [6.07, 6.45) is 6.88. The van der Waals surface area contributed by atoms with Gasteiger partial charge in [-0.3, -0.25) is 9.59 Å². The number of likely N-dealkylation sites (N-methyl/N-ethyl adjacent to an activating group) is 1. The van der Waals surface area contributed by atoms with E-state index < -0.39 is 6.04 Å². The van der Waals surface area contributed by atoms with Crippen LogP contribution in [0.15, 0.2) is 66.7 Å². The number of ether oxygens (including phenoxy) is 1. The van der Waals surface area contributed by atoms with Gasteiger partial charge in [0.25, 0.3) is 5.91 Å². The maximum atomic E-state index is 13.5. The van der Waals surface area contributed by atoms with Crippen molar-refractivity contribution in [2.24, 2.45) is 0 Å². The molecule has 1 aliphatic rings. The Morgan fingerprint density at radius 2 is 1.68 bits per heavy atom. The molecule has 1 aliphatic heterocycles. The number of fused-ring (bicyclic) bond motifs is 1. The second kappa shape index (κ2) is 10.8. The lowest BCUT2D eigenvalue weighted by molar-refractivity contribution is -0.126. The molecule has 164 valence electrons. The highest BCUT2D eigenvalue weighted by atomic mass is 16.5. The van der Waals surface area contributed by atoms with Crippen molar-refractivity contribution in [1.82, 2.24) is 10.2 Å². The minimum atomic E-state index is -0.624. The molecule has 0 fully saturated rings. The molecule has 0 saturated heterocycles. The number of carbonyl (C=O) groups is 2. The molecule has 5 nitrogen and oxygen atoms in total. The van der Waals surface area contributed by atoms with E-state index in [1.807, 2.05) is 55.5 Å². The van der Waals surface area contributed by atoms with Crippen molar-refractivity contribution >= 4 is 11.8 Å². The zero-order valence-corrected chi connectivity index (χ0v) is 18.6. The van der Waals surface area contributed by atoms with Crippen LogP contribution in [0, 0.1) is 0 Å². The van der Waals surface area contributed by atoms with Gasteiger partial charge in [0, 0.05) is 25.9 Å². The molecule has 0 bridgehead atoms. The van der Waals surface area contributed by atoms with Crippen LogP contribution in [0.4, 0.5) is 0 Å². The van der Waals surface area contributed by atoms with Gasteiger partial charge in [0.2, 0.25) is 5.91 Å². The molecule has 2 aromatic rings. The van der Waals surface area contributed by atoms with Crippen LogP contribution in [0.1, 0.15) is 49.0 Å². The van der Waals surface area contributed by atoms with E-state index in [1.165, 1.54) is 0 Å². The summed E-state index contributed by atoms with van der Waals surface area (Å²) in [6.45, 7) is 4.06. The number of amides is 2. The summed E-state index contributed by atoms with van der Waals surface area (Å²) < 4.78 is 6.09. The van der Waals surface area contributed by atoms with E-state index in [1.54, 1.807) is 18.0 Å². The molecule has 1 N–H and O–H groups in total. The Hall–Kier alpha value is -3.08. The highest BCUT2D eigenvalue weighted by molar-refractivity contribution is 5.99. The molecular weight excluding hydrogens is 388 g/mol. The first kappa shape index (κ1) is 22.6. The average molecular weight is 421 g/mol. The van der Waals surface area contributed by atoms with Crippen LogP contribution in [0.2, 0.25) is 0 Å². The highest BCUT2D eigenvalue weighted by Gasteiger charge is 2.30.